The van der Waals surface area contributed by atoms with Crippen LogP contribution in [-0.2, 0) is 6.54 Å². The average molecular weight is 342 g/mol. The van der Waals surface area contributed by atoms with Gasteiger partial charge in [-0.05, 0) is 25.3 Å². The number of aromatic nitrogens is 3. The molecule has 0 bridgehead atoms. The molecule has 2 aliphatic rings. The number of nitrogens with two attached hydrogens (primary N) is 1. The molecule has 2 aromatic rings. The van der Waals surface area contributed by atoms with Crippen molar-refractivity contribution in [3.63, 3.8) is 0 Å². The van der Waals surface area contributed by atoms with E-state index in [1.54, 1.807) is 12.4 Å². The summed E-state index contributed by atoms with van der Waals surface area (Å²) < 4.78 is 5.34. The number of rotatable bonds is 5. The van der Waals surface area contributed by atoms with E-state index in [2.05, 4.69) is 24.9 Å². The number of carbonyl (C=O) groups excluding carboxylic acids is 1. The monoisotopic (exact) mass is 342 g/mol. The van der Waals surface area contributed by atoms with Gasteiger partial charge in [-0.1, -0.05) is 5.16 Å². The summed E-state index contributed by atoms with van der Waals surface area (Å²) in [6, 6.07) is 1.86. The lowest BCUT2D eigenvalue weighted by atomic mass is 10.2. The average Bonchev–Trinajstić information content (AvgIpc) is 3.40. The molecule has 2 aromatic heterocycles. The number of carbonyl (C=O) groups is 1. The maximum absolute atomic E-state index is 11.6. The Balaban J connectivity index is 1.40. The van der Waals surface area contributed by atoms with Crippen LogP contribution in [0.1, 0.15) is 47.3 Å². The number of hydrogen-bond acceptors (Lipinski definition) is 7. The van der Waals surface area contributed by atoms with Gasteiger partial charge in [-0.3, -0.25) is 14.7 Å². The first-order chi connectivity index (χ1) is 12.2. The number of amides is 1. The van der Waals surface area contributed by atoms with E-state index >= 15 is 0 Å². The molecule has 0 aromatic carbocycles. The van der Waals surface area contributed by atoms with E-state index in [4.69, 9.17) is 10.3 Å². The van der Waals surface area contributed by atoms with Crippen LogP contribution in [-0.4, -0.2) is 52.1 Å². The topological polar surface area (TPSA) is 101 Å². The molecule has 2 fully saturated rings. The number of hydrogen-bond donors (Lipinski definition) is 1. The number of primary amides is 1. The third-order valence-corrected chi connectivity index (χ3v) is 4.77. The first-order valence-electron chi connectivity index (χ1n) is 8.74. The standard InChI is InChI=1S/C17H22N6O2/c18-16(24)13-10-19-5-4-14(13)23-7-1-6-22(8-9-23)11-15-20-17(25-21-15)12-2-3-12/h4-5,10,12H,1-3,6-9,11H2,(H2,18,24). The minimum Gasteiger partial charge on any atom is -0.369 e. The summed E-state index contributed by atoms with van der Waals surface area (Å²) >= 11 is 0. The van der Waals surface area contributed by atoms with Gasteiger partial charge in [-0.25, -0.2) is 0 Å². The van der Waals surface area contributed by atoms with Gasteiger partial charge in [0.25, 0.3) is 5.91 Å². The molecule has 1 aliphatic carbocycles. The normalized spacial score (nSPS) is 19.0. The van der Waals surface area contributed by atoms with Crippen molar-refractivity contribution < 1.29 is 9.32 Å². The van der Waals surface area contributed by atoms with Crippen molar-refractivity contribution in [1.82, 2.24) is 20.0 Å². The Labute approximate surface area is 146 Å². The Hall–Kier alpha value is -2.48. The molecule has 8 nitrogen and oxygen atoms in total. The van der Waals surface area contributed by atoms with Gasteiger partial charge >= 0.3 is 0 Å². The van der Waals surface area contributed by atoms with Crippen LogP contribution in [0.3, 0.4) is 0 Å². The highest BCUT2D eigenvalue weighted by molar-refractivity contribution is 5.98. The Morgan fingerprint density at radius 3 is 2.96 bits per heavy atom. The lowest BCUT2D eigenvalue weighted by Gasteiger charge is -2.24. The molecule has 3 heterocycles. The van der Waals surface area contributed by atoms with Gasteiger partial charge in [-0.15, -0.1) is 0 Å². The fraction of sp³-hybridized carbons (Fsp3) is 0.529. The van der Waals surface area contributed by atoms with Crippen LogP contribution in [0.2, 0.25) is 0 Å². The first-order valence-corrected chi connectivity index (χ1v) is 8.74. The summed E-state index contributed by atoms with van der Waals surface area (Å²) in [5.74, 6) is 1.59. The van der Waals surface area contributed by atoms with Crippen molar-refractivity contribution in [3.05, 3.63) is 35.7 Å². The van der Waals surface area contributed by atoms with E-state index < -0.39 is 5.91 Å². The van der Waals surface area contributed by atoms with Gasteiger partial charge < -0.3 is 15.2 Å². The van der Waals surface area contributed by atoms with Gasteiger partial charge in [0.1, 0.15) is 0 Å². The lowest BCUT2D eigenvalue weighted by Crippen LogP contribution is -2.32. The third-order valence-electron chi connectivity index (χ3n) is 4.77. The van der Waals surface area contributed by atoms with Crippen molar-refractivity contribution >= 4 is 11.6 Å². The van der Waals surface area contributed by atoms with E-state index in [-0.39, 0.29) is 0 Å². The van der Waals surface area contributed by atoms with Crippen LogP contribution in [0.25, 0.3) is 0 Å². The molecule has 1 aliphatic heterocycles. The molecule has 1 amide bonds. The van der Waals surface area contributed by atoms with Gasteiger partial charge in [0, 0.05) is 44.5 Å². The Kier molecular flexibility index (Phi) is 4.35. The molecule has 1 saturated carbocycles. The van der Waals surface area contributed by atoms with Gasteiger partial charge in [0.05, 0.1) is 17.8 Å². The van der Waals surface area contributed by atoms with Crippen LogP contribution in [0, 0.1) is 0 Å². The number of anilines is 1. The second-order valence-electron chi connectivity index (χ2n) is 6.70. The summed E-state index contributed by atoms with van der Waals surface area (Å²) in [4.78, 5) is 24.7. The zero-order valence-corrected chi connectivity index (χ0v) is 14.1. The highest BCUT2D eigenvalue weighted by Crippen LogP contribution is 2.38. The largest absolute Gasteiger partial charge is 0.369 e. The third kappa shape index (κ3) is 3.63. The molecule has 0 radical (unpaired) electrons. The first kappa shape index (κ1) is 16.0. The van der Waals surface area contributed by atoms with E-state index in [9.17, 15) is 4.79 Å². The molecule has 0 spiro atoms. The van der Waals surface area contributed by atoms with E-state index in [0.717, 1.165) is 62.8 Å². The van der Waals surface area contributed by atoms with Crippen LogP contribution in [0.5, 0.6) is 0 Å². The maximum atomic E-state index is 11.6. The lowest BCUT2D eigenvalue weighted by molar-refractivity contribution is 0.100. The van der Waals surface area contributed by atoms with Gasteiger partial charge in [0.2, 0.25) is 5.89 Å². The Morgan fingerprint density at radius 1 is 1.28 bits per heavy atom. The van der Waals surface area contributed by atoms with Crippen LogP contribution in [0.4, 0.5) is 5.69 Å². The van der Waals surface area contributed by atoms with Crippen LogP contribution < -0.4 is 10.6 Å². The van der Waals surface area contributed by atoms with E-state index in [1.807, 2.05) is 6.07 Å². The van der Waals surface area contributed by atoms with Gasteiger partial charge in [-0.2, -0.15) is 4.98 Å². The fourth-order valence-corrected chi connectivity index (χ4v) is 3.25. The molecule has 4 rings (SSSR count). The van der Waals surface area contributed by atoms with E-state index in [0.29, 0.717) is 18.0 Å². The van der Waals surface area contributed by atoms with Crippen molar-refractivity contribution in [1.29, 1.82) is 0 Å². The summed E-state index contributed by atoms with van der Waals surface area (Å²) in [7, 11) is 0. The number of pyridine rings is 1. The zero-order valence-electron chi connectivity index (χ0n) is 14.1. The second-order valence-corrected chi connectivity index (χ2v) is 6.70. The molecule has 8 heteroatoms. The van der Waals surface area contributed by atoms with Crippen molar-refractivity contribution in [3.8, 4) is 0 Å². The van der Waals surface area contributed by atoms with Crippen LogP contribution >= 0.6 is 0 Å². The highest BCUT2D eigenvalue weighted by Gasteiger charge is 2.30. The Bertz CT molecular complexity index is 757. The van der Waals surface area contributed by atoms with Crippen molar-refractivity contribution in [2.24, 2.45) is 5.73 Å². The second kappa shape index (κ2) is 6.79. The molecular weight excluding hydrogens is 320 g/mol. The molecule has 0 atom stereocenters. The molecule has 0 unspecified atom stereocenters. The van der Waals surface area contributed by atoms with Crippen LogP contribution in [0.15, 0.2) is 23.0 Å². The molecule has 2 N–H and O–H groups in total. The highest BCUT2D eigenvalue weighted by atomic mass is 16.5. The summed E-state index contributed by atoms with van der Waals surface area (Å²) in [6.45, 7) is 4.22. The molecule has 132 valence electrons. The zero-order chi connectivity index (χ0) is 17.2. The smallest absolute Gasteiger partial charge is 0.252 e. The summed E-state index contributed by atoms with van der Waals surface area (Å²) in [5, 5.41) is 4.11. The SMILES string of the molecule is NC(=O)c1cnccc1N1CCCN(Cc2noc(C3CC3)n2)CC1. The molecule has 25 heavy (non-hydrogen) atoms. The minimum absolute atomic E-state index is 0.441. The van der Waals surface area contributed by atoms with E-state index in [1.165, 1.54) is 0 Å². The predicted molar refractivity (Wildman–Crippen MR) is 91.1 cm³/mol. The summed E-state index contributed by atoms with van der Waals surface area (Å²) in [6.07, 6.45) is 6.55. The maximum Gasteiger partial charge on any atom is 0.252 e. The summed E-state index contributed by atoms with van der Waals surface area (Å²) in [5.41, 5.74) is 6.81. The molecule has 1 saturated heterocycles. The number of nitrogens with zero attached hydrogens (tertiary/aromatic N) is 5. The minimum atomic E-state index is -0.441. The van der Waals surface area contributed by atoms with Gasteiger partial charge in [0.15, 0.2) is 5.82 Å². The quantitative estimate of drug-likeness (QED) is 0.869. The van der Waals surface area contributed by atoms with Crippen molar-refractivity contribution in [2.75, 3.05) is 31.1 Å². The fourth-order valence-electron chi connectivity index (χ4n) is 3.25. The Morgan fingerprint density at radius 2 is 2.16 bits per heavy atom. The van der Waals surface area contributed by atoms with Crippen molar-refractivity contribution in [2.45, 2.75) is 31.7 Å². The molecular formula is C17H22N6O2. The predicted octanol–water partition coefficient (Wildman–Crippen LogP) is 1.15.